The van der Waals surface area contributed by atoms with Crippen LogP contribution in [0, 0.1) is 0 Å². The number of nitrogens with zero attached hydrogens (tertiary/aromatic N) is 3. The van der Waals surface area contributed by atoms with E-state index in [-0.39, 0.29) is 24.0 Å². The van der Waals surface area contributed by atoms with Crippen molar-refractivity contribution in [3.8, 4) is 0 Å². The molecule has 2 fully saturated rings. The third-order valence-corrected chi connectivity index (χ3v) is 5.53. The Morgan fingerprint density at radius 1 is 1.17 bits per heavy atom. The van der Waals surface area contributed by atoms with Crippen LogP contribution in [0.15, 0.2) is 4.99 Å². The Bertz CT molecular complexity index is 360. The minimum absolute atomic E-state index is 0. The number of aliphatic imine (C=N–C) groups is 1. The molecular formula is C18H38IN5. The van der Waals surface area contributed by atoms with Crippen LogP contribution in [0.25, 0.3) is 0 Å². The summed E-state index contributed by atoms with van der Waals surface area (Å²) in [7, 11) is 4.13. The van der Waals surface area contributed by atoms with Crippen LogP contribution in [-0.2, 0) is 0 Å². The van der Waals surface area contributed by atoms with Gasteiger partial charge in [0.2, 0.25) is 0 Å². The second-order valence-corrected chi connectivity index (χ2v) is 7.47. The maximum absolute atomic E-state index is 4.39. The molecule has 5 nitrogen and oxygen atoms in total. The zero-order valence-corrected chi connectivity index (χ0v) is 18.4. The van der Waals surface area contributed by atoms with Gasteiger partial charge in [-0.3, -0.25) is 4.99 Å². The summed E-state index contributed by atoms with van der Waals surface area (Å²) in [6.45, 7) is 9.02. The van der Waals surface area contributed by atoms with E-state index in [1.54, 1.807) is 0 Å². The van der Waals surface area contributed by atoms with Crippen molar-refractivity contribution in [2.75, 3.05) is 40.3 Å². The van der Waals surface area contributed by atoms with E-state index in [1.807, 2.05) is 7.05 Å². The highest BCUT2D eigenvalue weighted by Crippen LogP contribution is 2.21. The molecule has 0 unspecified atom stereocenters. The fourth-order valence-corrected chi connectivity index (χ4v) is 3.83. The Labute approximate surface area is 166 Å². The van der Waals surface area contributed by atoms with Gasteiger partial charge >= 0.3 is 0 Å². The minimum atomic E-state index is 0. The highest BCUT2D eigenvalue weighted by Gasteiger charge is 2.22. The molecule has 0 aromatic heterocycles. The van der Waals surface area contributed by atoms with Crippen molar-refractivity contribution in [3.63, 3.8) is 0 Å². The molecule has 0 aromatic carbocycles. The summed E-state index contributed by atoms with van der Waals surface area (Å²) in [6, 6.07) is 2.02. The quantitative estimate of drug-likeness (QED) is 0.370. The van der Waals surface area contributed by atoms with Gasteiger partial charge < -0.3 is 20.4 Å². The Kier molecular flexibility index (Phi) is 10.5. The van der Waals surface area contributed by atoms with Crippen LogP contribution in [-0.4, -0.2) is 74.2 Å². The summed E-state index contributed by atoms with van der Waals surface area (Å²) < 4.78 is 0. The first kappa shape index (κ1) is 22.0. The molecular weight excluding hydrogens is 413 g/mol. The molecule has 24 heavy (non-hydrogen) atoms. The third-order valence-electron chi connectivity index (χ3n) is 5.53. The lowest BCUT2D eigenvalue weighted by Gasteiger charge is -2.35. The van der Waals surface area contributed by atoms with Crippen LogP contribution in [0.3, 0.4) is 0 Å². The molecule has 0 spiro atoms. The van der Waals surface area contributed by atoms with E-state index in [1.165, 1.54) is 51.6 Å². The van der Waals surface area contributed by atoms with Crippen LogP contribution in [0.2, 0.25) is 0 Å². The van der Waals surface area contributed by atoms with Crippen molar-refractivity contribution in [2.45, 2.75) is 70.5 Å². The summed E-state index contributed by atoms with van der Waals surface area (Å²) in [5.41, 5.74) is 0. The summed E-state index contributed by atoms with van der Waals surface area (Å²) >= 11 is 0. The standard InChI is InChI=1S/C18H37N5.HI/c1-15(2)23-12-9-16(10-13-23)21-18(19-3)20-11-14-22(4)17-7-5-6-8-17;/h15-17H,5-14H2,1-4H3,(H2,19,20,21);1H. The average molecular weight is 451 g/mol. The molecule has 0 amide bonds. The van der Waals surface area contributed by atoms with Gasteiger partial charge in [-0.2, -0.15) is 0 Å². The van der Waals surface area contributed by atoms with Crippen LogP contribution < -0.4 is 10.6 Å². The molecule has 2 aliphatic rings. The lowest BCUT2D eigenvalue weighted by Crippen LogP contribution is -2.50. The molecule has 1 heterocycles. The van der Waals surface area contributed by atoms with Gasteiger partial charge in [0.25, 0.3) is 0 Å². The zero-order chi connectivity index (χ0) is 16.7. The average Bonchev–Trinajstić information content (AvgIpc) is 3.08. The van der Waals surface area contributed by atoms with Crippen molar-refractivity contribution in [2.24, 2.45) is 4.99 Å². The topological polar surface area (TPSA) is 42.9 Å². The number of halogens is 1. The first-order valence-corrected chi connectivity index (χ1v) is 9.51. The van der Waals surface area contributed by atoms with Crippen LogP contribution in [0.1, 0.15) is 52.4 Å². The molecule has 6 heteroatoms. The first-order chi connectivity index (χ1) is 11.1. The van der Waals surface area contributed by atoms with Crippen molar-refractivity contribution < 1.29 is 0 Å². The van der Waals surface area contributed by atoms with E-state index in [2.05, 4.69) is 46.3 Å². The fraction of sp³-hybridized carbons (Fsp3) is 0.944. The molecule has 0 aromatic rings. The Hall–Kier alpha value is -0.0800. The monoisotopic (exact) mass is 451 g/mol. The lowest BCUT2D eigenvalue weighted by molar-refractivity contribution is 0.167. The zero-order valence-electron chi connectivity index (χ0n) is 16.1. The maximum Gasteiger partial charge on any atom is 0.191 e. The minimum Gasteiger partial charge on any atom is -0.355 e. The molecule has 2 N–H and O–H groups in total. The van der Waals surface area contributed by atoms with Crippen molar-refractivity contribution >= 4 is 29.9 Å². The number of likely N-dealkylation sites (tertiary alicyclic amines) is 1. The van der Waals surface area contributed by atoms with E-state index in [9.17, 15) is 0 Å². The normalized spacial score (nSPS) is 21.3. The number of likely N-dealkylation sites (N-methyl/N-ethyl adjacent to an activating group) is 1. The number of piperidine rings is 1. The largest absolute Gasteiger partial charge is 0.355 e. The van der Waals surface area contributed by atoms with E-state index in [4.69, 9.17) is 0 Å². The van der Waals surface area contributed by atoms with E-state index in [0.717, 1.165) is 25.1 Å². The molecule has 142 valence electrons. The van der Waals surface area contributed by atoms with E-state index < -0.39 is 0 Å². The maximum atomic E-state index is 4.39. The highest BCUT2D eigenvalue weighted by atomic mass is 127. The summed E-state index contributed by atoms with van der Waals surface area (Å²) in [5.74, 6) is 0.966. The Morgan fingerprint density at radius 3 is 2.33 bits per heavy atom. The van der Waals surface area contributed by atoms with Gasteiger partial charge in [-0.1, -0.05) is 12.8 Å². The number of guanidine groups is 1. The van der Waals surface area contributed by atoms with Gasteiger partial charge in [0.15, 0.2) is 5.96 Å². The lowest BCUT2D eigenvalue weighted by atomic mass is 10.0. The molecule has 0 atom stereocenters. The van der Waals surface area contributed by atoms with Crippen LogP contribution in [0.5, 0.6) is 0 Å². The van der Waals surface area contributed by atoms with Gasteiger partial charge in [-0.05, 0) is 46.6 Å². The molecule has 1 aliphatic carbocycles. The number of nitrogens with one attached hydrogen (secondary N) is 2. The van der Waals surface area contributed by atoms with Crippen LogP contribution in [0.4, 0.5) is 0 Å². The predicted octanol–water partition coefficient (Wildman–Crippen LogP) is 2.52. The van der Waals surface area contributed by atoms with Gasteiger partial charge in [-0.15, -0.1) is 24.0 Å². The smallest absolute Gasteiger partial charge is 0.191 e. The fourth-order valence-electron chi connectivity index (χ4n) is 3.83. The van der Waals surface area contributed by atoms with Gasteiger partial charge in [-0.25, -0.2) is 0 Å². The van der Waals surface area contributed by atoms with Crippen molar-refractivity contribution in [1.29, 1.82) is 0 Å². The summed E-state index contributed by atoms with van der Waals surface area (Å²) in [4.78, 5) is 9.46. The molecule has 1 saturated carbocycles. The first-order valence-electron chi connectivity index (χ1n) is 9.51. The highest BCUT2D eigenvalue weighted by molar-refractivity contribution is 14.0. The third kappa shape index (κ3) is 7.04. The second kappa shape index (κ2) is 11.5. The molecule has 1 saturated heterocycles. The SMILES string of the molecule is CN=C(NCCN(C)C1CCCC1)NC1CCN(C(C)C)CC1.I. The summed E-state index contributed by atoms with van der Waals surface area (Å²) in [6.07, 6.45) is 7.97. The van der Waals surface area contributed by atoms with Gasteiger partial charge in [0.1, 0.15) is 0 Å². The summed E-state index contributed by atoms with van der Waals surface area (Å²) in [5, 5.41) is 7.09. The van der Waals surface area contributed by atoms with Gasteiger partial charge in [0, 0.05) is 51.4 Å². The number of hydrogen-bond acceptors (Lipinski definition) is 3. The van der Waals surface area contributed by atoms with Crippen molar-refractivity contribution in [1.82, 2.24) is 20.4 Å². The van der Waals surface area contributed by atoms with Crippen molar-refractivity contribution in [3.05, 3.63) is 0 Å². The van der Waals surface area contributed by atoms with Gasteiger partial charge in [0.05, 0.1) is 0 Å². The van der Waals surface area contributed by atoms with Crippen LogP contribution >= 0.6 is 24.0 Å². The molecule has 0 bridgehead atoms. The second-order valence-electron chi connectivity index (χ2n) is 7.47. The Balaban J connectivity index is 0.00000288. The molecule has 2 rings (SSSR count). The number of hydrogen-bond donors (Lipinski definition) is 2. The number of rotatable bonds is 6. The van der Waals surface area contributed by atoms with E-state index >= 15 is 0 Å². The predicted molar refractivity (Wildman–Crippen MR) is 115 cm³/mol. The molecule has 1 aliphatic heterocycles. The molecule has 0 radical (unpaired) electrons. The van der Waals surface area contributed by atoms with E-state index in [0.29, 0.717) is 12.1 Å². The Morgan fingerprint density at radius 2 is 1.79 bits per heavy atom.